The Labute approximate surface area is 167 Å². The van der Waals surface area contributed by atoms with E-state index in [-0.39, 0.29) is 41.5 Å². The molecule has 0 aromatic heterocycles. The van der Waals surface area contributed by atoms with Crippen LogP contribution in [-0.2, 0) is 0 Å². The Hall–Kier alpha value is -1.28. The Morgan fingerprint density at radius 1 is 1.19 bits per heavy atom. The summed E-state index contributed by atoms with van der Waals surface area (Å²) < 4.78 is 10.6. The van der Waals surface area contributed by atoms with Crippen LogP contribution in [0.2, 0.25) is 0 Å². The van der Waals surface area contributed by atoms with Gasteiger partial charge in [-0.1, -0.05) is 20.3 Å². The van der Waals surface area contributed by atoms with Crippen molar-refractivity contribution in [2.24, 2.45) is 5.92 Å². The highest BCUT2D eigenvalue weighted by Crippen LogP contribution is 2.42. The lowest BCUT2D eigenvalue weighted by atomic mass is 9.89. The van der Waals surface area contributed by atoms with Gasteiger partial charge in [-0.3, -0.25) is 15.0 Å². The molecule has 1 fully saturated rings. The van der Waals surface area contributed by atoms with Crippen LogP contribution in [0.3, 0.4) is 0 Å². The predicted molar refractivity (Wildman–Crippen MR) is 107 cm³/mol. The molecule has 2 rings (SSSR count). The summed E-state index contributed by atoms with van der Waals surface area (Å²) in [7, 11) is 3.04. The van der Waals surface area contributed by atoms with E-state index in [1.54, 1.807) is 13.2 Å². The maximum Gasteiger partial charge on any atom is 0.278 e. The van der Waals surface area contributed by atoms with Crippen LogP contribution in [-0.4, -0.2) is 50.2 Å². The number of nitro groups is 1. The second-order valence-electron chi connectivity index (χ2n) is 6.14. The molecule has 1 unspecified atom stereocenters. The van der Waals surface area contributed by atoms with Crippen LogP contribution in [0.4, 0.5) is 5.69 Å². The average molecular weight is 410 g/mol. The van der Waals surface area contributed by atoms with Crippen molar-refractivity contribution in [2.45, 2.75) is 26.3 Å². The molecule has 1 aliphatic rings. The summed E-state index contributed by atoms with van der Waals surface area (Å²) in [4.78, 5) is 13.7. The summed E-state index contributed by atoms with van der Waals surface area (Å²) in [5.74, 6) is 1.21. The lowest BCUT2D eigenvalue weighted by Crippen LogP contribution is -2.46. The Morgan fingerprint density at radius 2 is 1.73 bits per heavy atom. The third-order valence-corrected chi connectivity index (χ3v) is 4.78. The zero-order chi connectivity index (χ0) is 17.7. The molecule has 1 heterocycles. The molecule has 7 nitrogen and oxygen atoms in total. The van der Waals surface area contributed by atoms with Crippen LogP contribution < -0.4 is 14.8 Å². The maximum absolute atomic E-state index is 11.7. The van der Waals surface area contributed by atoms with E-state index < -0.39 is 0 Å². The first-order chi connectivity index (χ1) is 11.5. The number of rotatable bonds is 7. The van der Waals surface area contributed by atoms with Crippen molar-refractivity contribution >= 4 is 30.5 Å². The molecular weight excluding hydrogens is 381 g/mol. The van der Waals surface area contributed by atoms with Gasteiger partial charge in [0.25, 0.3) is 5.69 Å². The van der Waals surface area contributed by atoms with Gasteiger partial charge in [-0.05, 0) is 12.0 Å². The minimum Gasteiger partial charge on any atom is -0.493 e. The number of piperazine rings is 1. The Balaban J connectivity index is 0.00000312. The zero-order valence-electron chi connectivity index (χ0n) is 15.7. The van der Waals surface area contributed by atoms with Crippen molar-refractivity contribution < 1.29 is 14.4 Å². The van der Waals surface area contributed by atoms with Gasteiger partial charge in [-0.25, -0.2) is 0 Å². The smallest absolute Gasteiger partial charge is 0.278 e. The number of nitro benzene ring substituents is 1. The van der Waals surface area contributed by atoms with Gasteiger partial charge in [0.15, 0.2) is 11.5 Å². The van der Waals surface area contributed by atoms with E-state index in [0.717, 1.165) is 32.6 Å². The normalized spacial score (nSPS) is 16.6. The molecule has 1 saturated heterocycles. The Bertz CT molecular complexity index is 583. The first kappa shape index (κ1) is 24.7. The minimum atomic E-state index is -0.325. The molecule has 1 aromatic carbocycles. The summed E-state index contributed by atoms with van der Waals surface area (Å²) in [5, 5.41) is 15.0. The average Bonchev–Trinajstić information content (AvgIpc) is 2.61. The van der Waals surface area contributed by atoms with Gasteiger partial charge < -0.3 is 14.8 Å². The molecule has 1 aliphatic heterocycles. The van der Waals surface area contributed by atoms with Crippen molar-refractivity contribution in [3.8, 4) is 11.5 Å². The van der Waals surface area contributed by atoms with Crippen LogP contribution in [0.5, 0.6) is 11.5 Å². The van der Waals surface area contributed by atoms with E-state index in [4.69, 9.17) is 9.47 Å². The van der Waals surface area contributed by atoms with E-state index in [2.05, 4.69) is 24.1 Å². The van der Waals surface area contributed by atoms with Gasteiger partial charge in [0.05, 0.1) is 30.8 Å². The molecule has 1 N–H and O–H groups in total. The van der Waals surface area contributed by atoms with Gasteiger partial charge in [-0.2, -0.15) is 0 Å². The van der Waals surface area contributed by atoms with Crippen molar-refractivity contribution in [2.75, 3.05) is 40.4 Å². The molecular formula is C17H29Cl2N3O4. The minimum absolute atomic E-state index is 0. The highest BCUT2D eigenvalue weighted by Gasteiger charge is 2.33. The monoisotopic (exact) mass is 409 g/mol. The number of hydrogen-bond acceptors (Lipinski definition) is 6. The number of nitrogens with one attached hydrogen (secondary N) is 1. The quantitative estimate of drug-likeness (QED) is 0.548. The number of halogens is 2. The van der Waals surface area contributed by atoms with E-state index in [0.29, 0.717) is 23.0 Å². The van der Waals surface area contributed by atoms with Gasteiger partial charge >= 0.3 is 0 Å². The summed E-state index contributed by atoms with van der Waals surface area (Å²) in [6.07, 6.45) is 0.945. The second-order valence-corrected chi connectivity index (χ2v) is 6.14. The van der Waals surface area contributed by atoms with Crippen LogP contribution in [0.15, 0.2) is 12.1 Å². The van der Waals surface area contributed by atoms with E-state index in [1.165, 1.54) is 13.2 Å². The first-order valence-electron chi connectivity index (χ1n) is 8.38. The topological polar surface area (TPSA) is 76.9 Å². The van der Waals surface area contributed by atoms with E-state index in [1.807, 2.05) is 0 Å². The van der Waals surface area contributed by atoms with Crippen LogP contribution in [0, 0.1) is 16.0 Å². The standard InChI is InChI=1S/C17H27N3O4.2ClH/c1-5-12(2)17(19-8-6-18-7-9-19)13-10-15(23-3)16(24-4)11-14(13)20(21)22;;/h10-12,17-18H,5-9H2,1-4H3;2*1H/t12?,17-;;/m0../s1. The number of hydrogen-bond donors (Lipinski definition) is 1. The highest BCUT2D eigenvalue weighted by atomic mass is 35.5. The van der Waals surface area contributed by atoms with Crippen molar-refractivity contribution in [1.29, 1.82) is 0 Å². The van der Waals surface area contributed by atoms with Crippen LogP contribution in [0.1, 0.15) is 31.9 Å². The summed E-state index contributed by atoms with van der Waals surface area (Å²) in [6.45, 7) is 7.81. The molecule has 2 atom stereocenters. The van der Waals surface area contributed by atoms with Crippen LogP contribution in [0.25, 0.3) is 0 Å². The number of benzene rings is 1. The fourth-order valence-electron chi connectivity index (χ4n) is 3.33. The Kier molecular flexibility index (Phi) is 10.9. The lowest BCUT2D eigenvalue weighted by Gasteiger charge is -2.38. The first-order valence-corrected chi connectivity index (χ1v) is 8.38. The Morgan fingerprint density at radius 3 is 2.19 bits per heavy atom. The van der Waals surface area contributed by atoms with Gasteiger partial charge in [0.1, 0.15) is 0 Å². The SMILES string of the molecule is CCC(C)[C@@H](c1cc(OC)c(OC)cc1[N+](=O)[O-])N1CCNCC1.Cl.Cl. The molecule has 26 heavy (non-hydrogen) atoms. The van der Waals surface area contributed by atoms with E-state index in [9.17, 15) is 10.1 Å². The number of ether oxygens (including phenoxy) is 2. The third-order valence-electron chi connectivity index (χ3n) is 4.78. The molecule has 0 spiro atoms. The van der Waals surface area contributed by atoms with Gasteiger partial charge in [0.2, 0.25) is 0 Å². The molecule has 1 aromatic rings. The fraction of sp³-hybridized carbons (Fsp3) is 0.647. The van der Waals surface area contributed by atoms with Crippen molar-refractivity contribution in [3.63, 3.8) is 0 Å². The van der Waals surface area contributed by atoms with Gasteiger partial charge in [0, 0.05) is 32.2 Å². The molecule has 0 bridgehead atoms. The van der Waals surface area contributed by atoms with Crippen molar-refractivity contribution in [3.05, 3.63) is 27.8 Å². The fourth-order valence-corrected chi connectivity index (χ4v) is 3.33. The summed E-state index contributed by atoms with van der Waals surface area (Å²) in [6, 6.07) is 3.24. The van der Waals surface area contributed by atoms with Crippen molar-refractivity contribution in [1.82, 2.24) is 10.2 Å². The zero-order valence-corrected chi connectivity index (χ0v) is 17.3. The lowest BCUT2D eigenvalue weighted by molar-refractivity contribution is -0.386. The van der Waals surface area contributed by atoms with E-state index >= 15 is 0 Å². The highest BCUT2D eigenvalue weighted by molar-refractivity contribution is 5.85. The predicted octanol–water partition coefficient (Wildman–Crippen LogP) is 3.45. The second kappa shape index (κ2) is 11.4. The molecule has 0 amide bonds. The summed E-state index contributed by atoms with van der Waals surface area (Å²) >= 11 is 0. The summed E-state index contributed by atoms with van der Waals surface area (Å²) in [5.41, 5.74) is 0.797. The molecule has 0 saturated carbocycles. The van der Waals surface area contributed by atoms with Gasteiger partial charge in [-0.15, -0.1) is 24.8 Å². The molecule has 150 valence electrons. The molecule has 9 heteroatoms. The number of methoxy groups -OCH3 is 2. The number of nitrogens with zero attached hydrogens (tertiary/aromatic N) is 2. The third kappa shape index (κ3) is 5.36. The van der Waals surface area contributed by atoms with Crippen LogP contribution >= 0.6 is 24.8 Å². The molecule has 0 radical (unpaired) electrons. The molecule has 0 aliphatic carbocycles. The maximum atomic E-state index is 11.7. The largest absolute Gasteiger partial charge is 0.493 e.